The number of ether oxygens (including phenoxy) is 1. The molecule has 2 aromatic rings. The lowest BCUT2D eigenvalue weighted by atomic mass is 10.1. The van der Waals surface area contributed by atoms with Gasteiger partial charge in [-0.25, -0.2) is 8.78 Å². The van der Waals surface area contributed by atoms with Crippen LogP contribution in [0.15, 0.2) is 34.9 Å². The highest BCUT2D eigenvalue weighted by molar-refractivity contribution is 5.34. The molecule has 2 rings (SSSR count). The second-order valence-corrected chi connectivity index (χ2v) is 3.42. The van der Waals surface area contributed by atoms with Gasteiger partial charge in [0.1, 0.15) is 29.2 Å². The van der Waals surface area contributed by atoms with Gasteiger partial charge in [0.25, 0.3) is 0 Å². The van der Waals surface area contributed by atoms with Crippen LogP contribution in [0.2, 0.25) is 0 Å². The number of benzene rings is 1. The molecule has 0 bridgehead atoms. The molecule has 0 radical (unpaired) electrons. The molecule has 0 spiro atoms. The quantitative estimate of drug-likeness (QED) is 0.896. The summed E-state index contributed by atoms with van der Waals surface area (Å²) in [6.45, 7) is 0. The third-order valence-corrected chi connectivity index (χ3v) is 2.37. The Bertz CT molecular complexity index is 485. The maximum Gasteiger partial charge on any atom is 0.142 e. The van der Waals surface area contributed by atoms with Crippen LogP contribution in [0, 0.1) is 11.6 Å². The summed E-state index contributed by atoms with van der Waals surface area (Å²) in [5, 5.41) is 9.79. The fourth-order valence-electron chi connectivity index (χ4n) is 1.53. The highest BCUT2D eigenvalue weighted by Gasteiger charge is 2.22. The zero-order valence-electron chi connectivity index (χ0n) is 8.98. The smallest absolute Gasteiger partial charge is 0.142 e. The van der Waals surface area contributed by atoms with Crippen LogP contribution in [-0.2, 0) is 0 Å². The van der Waals surface area contributed by atoms with E-state index in [0.29, 0.717) is 0 Å². The van der Waals surface area contributed by atoms with Crippen molar-refractivity contribution in [3.05, 3.63) is 53.5 Å². The molecule has 0 saturated carbocycles. The molecule has 0 fully saturated rings. The van der Waals surface area contributed by atoms with Gasteiger partial charge < -0.3 is 14.3 Å². The van der Waals surface area contributed by atoms with E-state index in [1.54, 1.807) is 0 Å². The highest BCUT2D eigenvalue weighted by atomic mass is 19.1. The number of aliphatic hydroxyl groups is 1. The van der Waals surface area contributed by atoms with E-state index in [1.165, 1.54) is 25.5 Å². The summed E-state index contributed by atoms with van der Waals surface area (Å²) in [5.41, 5.74) is -0.458. The van der Waals surface area contributed by atoms with Gasteiger partial charge in [-0.05, 0) is 12.1 Å². The van der Waals surface area contributed by atoms with E-state index >= 15 is 0 Å². The summed E-state index contributed by atoms with van der Waals surface area (Å²) in [6.07, 6.45) is -0.159. The van der Waals surface area contributed by atoms with E-state index in [9.17, 15) is 13.9 Å². The minimum absolute atomic E-state index is 0.0513. The molecule has 0 aliphatic carbocycles. The lowest BCUT2D eigenvalue weighted by Gasteiger charge is -2.11. The number of hydrogen-bond donors (Lipinski definition) is 1. The molecule has 1 unspecified atom stereocenters. The molecule has 3 nitrogen and oxygen atoms in total. The first-order valence-corrected chi connectivity index (χ1v) is 4.88. The fourth-order valence-corrected chi connectivity index (χ4v) is 1.53. The standard InChI is InChI=1S/C12H10F2O3/c1-16-7-5-8(13)11(9(14)6-7)12(15)10-3-2-4-17-10/h2-6,12,15H,1H3. The van der Waals surface area contributed by atoms with Crippen LogP contribution in [0.25, 0.3) is 0 Å². The van der Waals surface area contributed by atoms with Crippen molar-refractivity contribution >= 4 is 0 Å². The first-order chi connectivity index (χ1) is 8.13. The molecule has 1 N–H and O–H groups in total. The Morgan fingerprint density at radius 3 is 2.41 bits per heavy atom. The van der Waals surface area contributed by atoms with E-state index in [4.69, 9.17) is 9.15 Å². The Morgan fingerprint density at radius 2 is 1.94 bits per heavy atom. The second kappa shape index (κ2) is 4.55. The molecule has 0 saturated heterocycles. The third kappa shape index (κ3) is 2.14. The molecular weight excluding hydrogens is 230 g/mol. The van der Waals surface area contributed by atoms with Gasteiger partial charge in [-0.2, -0.15) is 0 Å². The van der Waals surface area contributed by atoms with Gasteiger partial charge in [0.15, 0.2) is 0 Å². The van der Waals surface area contributed by atoms with Crippen LogP contribution in [0.4, 0.5) is 8.78 Å². The molecule has 1 aromatic carbocycles. The number of methoxy groups -OCH3 is 1. The first-order valence-electron chi connectivity index (χ1n) is 4.88. The zero-order chi connectivity index (χ0) is 12.4. The molecule has 0 aliphatic heterocycles. The molecular formula is C12H10F2O3. The Labute approximate surface area is 96.3 Å². The molecule has 1 aromatic heterocycles. The van der Waals surface area contributed by atoms with Crippen molar-refractivity contribution in [2.75, 3.05) is 7.11 Å². The van der Waals surface area contributed by atoms with Gasteiger partial charge in [-0.1, -0.05) is 0 Å². The van der Waals surface area contributed by atoms with E-state index in [-0.39, 0.29) is 11.5 Å². The van der Waals surface area contributed by atoms with Crippen LogP contribution < -0.4 is 4.74 Å². The van der Waals surface area contributed by atoms with Gasteiger partial charge >= 0.3 is 0 Å². The Morgan fingerprint density at radius 1 is 1.29 bits per heavy atom. The first kappa shape index (κ1) is 11.6. The van der Waals surface area contributed by atoms with Crippen molar-refractivity contribution in [2.24, 2.45) is 0 Å². The molecule has 1 atom stereocenters. The normalized spacial score (nSPS) is 12.5. The zero-order valence-corrected chi connectivity index (χ0v) is 8.98. The topological polar surface area (TPSA) is 42.6 Å². The number of hydrogen-bond acceptors (Lipinski definition) is 3. The van der Waals surface area contributed by atoms with E-state index < -0.39 is 23.3 Å². The average molecular weight is 240 g/mol. The highest BCUT2D eigenvalue weighted by Crippen LogP contribution is 2.29. The van der Waals surface area contributed by atoms with Gasteiger partial charge in [0.2, 0.25) is 0 Å². The van der Waals surface area contributed by atoms with Crippen molar-refractivity contribution in [3.8, 4) is 5.75 Å². The van der Waals surface area contributed by atoms with Crippen molar-refractivity contribution in [1.82, 2.24) is 0 Å². The summed E-state index contributed by atoms with van der Waals surface area (Å²) in [4.78, 5) is 0. The van der Waals surface area contributed by atoms with Gasteiger partial charge in [0, 0.05) is 12.1 Å². The van der Waals surface area contributed by atoms with E-state index in [0.717, 1.165) is 12.1 Å². The van der Waals surface area contributed by atoms with Crippen LogP contribution in [0.5, 0.6) is 5.75 Å². The Kier molecular flexibility index (Phi) is 3.10. The Hall–Kier alpha value is -1.88. The van der Waals surface area contributed by atoms with Gasteiger partial charge in [-0.15, -0.1) is 0 Å². The van der Waals surface area contributed by atoms with Crippen LogP contribution in [0.3, 0.4) is 0 Å². The largest absolute Gasteiger partial charge is 0.497 e. The fraction of sp³-hybridized carbons (Fsp3) is 0.167. The summed E-state index contributed by atoms with van der Waals surface area (Å²) in [7, 11) is 1.30. The number of furan rings is 1. The number of rotatable bonds is 3. The second-order valence-electron chi connectivity index (χ2n) is 3.42. The maximum absolute atomic E-state index is 13.6. The lowest BCUT2D eigenvalue weighted by Crippen LogP contribution is -2.05. The maximum atomic E-state index is 13.6. The predicted octanol–water partition coefficient (Wildman–Crippen LogP) is 2.65. The SMILES string of the molecule is COc1cc(F)c(C(O)c2ccco2)c(F)c1. The van der Waals surface area contributed by atoms with Crippen LogP contribution >= 0.6 is 0 Å². The van der Waals surface area contributed by atoms with E-state index in [2.05, 4.69) is 0 Å². The molecule has 0 amide bonds. The average Bonchev–Trinajstić information content (AvgIpc) is 2.81. The Balaban J connectivity index is 2.45. The number of halogens is 2. The minimum Gasteiger partial charge on any atom is -0.497 e. The summed E-state index contributed by atoms with van der Waals surface area (Å²) in [5.74, 6) is -1.64. The number of aliphatic hydroxyl groups excluding tert-OH is 1. The summed E-state index contributed by atoms with van der Waals surface area (Å²) >= 11 is 0. The molecule has 17 heavy (non-hydrogen) atoms. The molecule has 0 aliphatic rings. The predicted molar refractivity (Wildman–Crippen MR) is 55.7 cm³/mol. The van der Waals surface area contributed by atoms with Crippen molar-refractivity contribution in [1.29, 1.82) is 0 Å². The molecule has 1 heterocycles. The van der Waals surface area contributed by atoms with Crippen LogP contribution in [0.1, 0.15) is 17.4 Å². The summed E-state index contributed by atoms with van der Waals surface area (Å²) in [6, 6.07) is 4.97. The third-order valence-electron chi connectivity index (χ3n) is 2.37. The van der Waals surface area contributed by atoms with Gasteiger partial charge in [0.05, 0.1) is 18.9 Å². The van der Waals surface area contributed by atoms with Crippen molar-refractivity contribution < 1.29 is 23.0 Å². The van der Waals surface area contributed by atoms with Crippen molar-refractivity contribution in [2.45, 2.75) is 6.10 Å². The molecule has 5 heteroatoms. The molecule has 90 valence electrons. The lowest BCUT2D eigenvalue weighted by molar-refractivity contribution is 0.179. The summed E-state index contributed by atoms with van der Waals surface area (Å²) < 4.78 is 36.9. The monoisotopic (exact) mass is 240 g/mol. The van der Waals surface area contributed by atoms with E-state index in [1.807, 2.05) is 0 Å². The minimum atomic E-state index is -1.48. The van der Waals surface area contributed by atoms with Crippen LogP contribution in [-0.4, -0.2) is 12.2 Å². The van der Waals surface area contributed by atoms with Crippen molar-refractivity contribution in [3.63, 3.8) is 0 Å². The van der Waals surface area contributed by atoms with Gasteiger partial charge in [-0.3, -0.25) is 0 Å².